The summed E-state index contributed by atoms with van der Waals surface area (Å²) in [6, 6.07) is 13.7. The summed E-state index contributed by atoms with van der Waals surface area (Å²) in [5.41, 5.74) is 0.743. The molecule has 0 radical (unpaired) electrons. The number of aliphatic carboxylic acids is 1. The molecule has 0 bridgehead atoms. The maximum atomic E-state index is 12.7. The van der Waals surface area contributed by atoms with Gasteiger partial charge in [-0.3, -0.25) is 14.6 Å². The van der Waals surface area contributed by atoms with Crippen LogP contribution in [0.4, 0.5) is 0 Å². The molecule has 1 aromatic heterocycles. The van der Waals surface area contributed by atoms with Crippen LogP contribution in [0.15, 0.2) is 48.7 Å². The van der Waals surface area contributed by atoms with Crippen molar-refractivity contribution in [2.24, 2.45) is 5.41 Å². The first-order chi connectivity index (χ1) is 11.1. The van der Waals surface area contributed by atoms with E-state index in [2.05, 4.69) is 4.98 Å². The predicted octanol–water partition coefficient (Wildman–Crippen LogP) is 4.10. The molecule has 1 heterocycles. The van der Waals surface area contributed by atoms with Crippen molar-refractivity contribution in [3.05, 3.63) is 54.4 Å². The van der Waals surface area contributed by atoms with Crippen LogP contribution in [0.1, 0.15) is 39.8 Å². The summed E-state index contributed by atoms with van der Waals surface area (Å²) in [5.74, 6) is -1.11. The average molecular weight is 325 g/mol. The molecule has 0 amide bonds. The summed E-state index contributed by atoms with van der Waals surface area (Å²) < 4.78 is 0. The van der Waals surface area contributed by atoms with Gasteiger partial charge in [0.15, 0.2) is 0 Å². The maximum Gasteiger partial charge on any atom is 0.309 e. The van der Waals surface area contributed by atoms with Crippen LogP contribution in [0.2, 0.25) is 0 Å². The Morgan fingerprint density at radius 2 is 1.62 bits per heavy atom. The second kappa shape index (κ2) is 6.56. The van der Waals surface area contributed by atoms with Gasteiger partial charge in [-0.15, -0.1) is 0 Å². The highest BCUT2D eigenvalue weighted by Gasteiger charge is 2.38. The minimum Gasteiger partial charge on any atom is -0.481 e. The maximum absolute atomic E-state index is 12.7. The molecule has 0 fully saturated rings. The zero-order valence-electron chi connectivity index (χ0n) is 14.5. The van der Waals surface area contributed by atoms with E-state index in [1.54, 1.807) is 33.9 Å². The molecule has 0 aliphatic carbocycles. The van der Waals surface area contributed by atoms with Gasteiger partial charge in [-0.2, -0.15) is 0 Å². The Labute approximate surface area is 142 Å². The zero-order valence-corrected chi connectivity index (χ0v) is 14.5. The highest BCUT2D eigenvalue weighted by Crippen LogP contribution is 2.32. The van der Waals surface area contributed by atoms with E-state index in [1.165, 1.54) is 0 Å². The van der Waals surface area contributed by atoms with Crippen LogP contribution in [0, 0.1) is 5.41 Å². The number of hydrogen-bond acceptors (Lipinski definition) is 3. The average Bonchev–Trinajstić information content (AvgIpc) is 2.55. The first-order valence-electron chi connectivity index (χ1n) is 7.93. The highest BCUT2D eigenvalue weighted by atomic mass is 16.4. The number of benzene rings is 1. The quantitative estimate of drug-likeness (QED) is 0.868. The Morgan fingerprint density at radius 1 is 1.00 bits per heavy atom. The number of hydrogen-bond donors (Lipinski definition) is 1. The number of carboxylic acid groups (broad SMARTS) is 1. The summed E-state index contributed by atoms with van der Waals surface area (Å²) in [7, 11) is 0. The molecule has 0 spiro atoms. The van der Waals surface area contributed by atoms with Crippen molar-refractivity contribution in [3.63, 3.8) is 0 Å². The van der Waals surface area contributed by atoms with Crippen LogP contribution in [-0.2, 0) is 15.0 Å². The zero-order chi connectivity index (χ0) is 18.0. The Bertz CT molecular complexity index is 748. The van der Waals surface area contributed by atoms with Crippen LogP contribution < -0.4 is 0 Å². The molecule has 4 nitrogen and oxygen atoms in total. The number of carbonyl (C=O) groups is 2. The van der Waals surface area contributed by atoms with E-state index < -0.39 is 16.8 Å². The van der Waals surface area contributed by atoms with Gasteiger partial charge in [0.1, 0.15) is 5.78 Å². The Kier molecular flexibility index (Phi) is 4.88. The number of Topliss-reactive ketones (excluding diaryl/α,β-unsaturated/α-hetero) is 1. The number of aromatic nitrogens is 1. The lowest BCUT2D eigenvalue weighted by Crippen LogP contribution is -2.36. The van der Waals surface area contributed by atoms with Crippen molar-refractivity contribution < 1.29 is 14.7 Å². The van der Waals surface area contributed by atoms with E-state index in [0.29, 0.717) is 5.69 Å². The molecule has 126 valence electrons. The molecule has 0 atom stereocenters. The Hall–Kier alpha value is -2.49. The fourth-order valence-corrected chi connectivity index (χ4v) is 2.42. The van der Waals surface area contributed by atoms with Gasteiger partial charge in [0.05, 0.1) is 16.5 Å². The number of pyridine rings is 1. The van der Waals surface area contributed by atoms with Gasteiger partial charge in [-0.05, 0) is 51.0 Å². The van der Waals surface area contributed by atoms with Crippen LogP contribution >= 0.6 is 0 Å². The number of ketones is 1. The molecule has 0 saturated carbocycles. The molecular weight excluding hydrogens is 302 g/mol. The van der Waals surface area contributed by atoms with Crippen molar-refractivity contribution in [1.82, 2.24) is 4.98 Å². The summed E-state index contributed by atoms with van der Waals surface area (Å²) in [6.45, 7) is 6.73. The Morgan fingerprint density at radius 3 is 2.21 bits per heavy atom. The number of carbonyl (C=O) groups excluding carboxylic acids is 1. The van der Waals surface area contributed by atoms with E-state index >= 15 is 0 Å². The lowest BCUT2D eigenvalue weighted by Gasteiger charge is -2.27. The fraction of sp³-hybridized carbons (Fsp3) is 0.350. The molecule has 4 heteroatoms. The van der Waals surface area contributed by atoms with Gasteiger partial charge < -0.3 is 5.11 Å². The molecule has 0 aliphatic heterocycles. The fourth-order valence-electron chi connectivity index (χ4n) is 2.42. The molecular formula is C20H23NO3. The summed E-state index contributed by atoms with van der Waals surface area (Å²) >= 11 is 0. The van der Waals surface area contributed by atoms with Gasteiger partial charge in [0, 0.05) is 12.6 Å². The topological polar surface area (TPSA) is 67.3 Å². The normalized spacial score (nSPS) is 12.0. The van der Waals surface area contributed by atoms with Crippen LogP contribution in [0.25, 0.3) is 11.1 Å². The molecule has 0 aliphatic rings. The second-order valence-corrected chi connectivity index (χ2v) is 7.21. The molecule has 2 rings (SSSR count). The third-order valence-electron chi connectivity index (χ3n) is 4.39. The standard InChI is InChI=1S/C20H23NO3/c1-19(2,18(23)24)13-17(22)20(3,4)16-12-15(10-11-21-16)14-8-6-5-7-9-14/h5-12H,13H2,1-4H3,(H,23,24). The van der Waals surface area contributed by atoms with Crippen LogP contribution in [0.5, 0.6) is 0 Å². The molecule has 24 heavy (non-hydrogen) atoms. The second-order valence-electron chi connectivity index (χ2n) is 7.21. The number of rotatable bonds is 6. The monoisotopic (exact) mass is 325 g/mol. The van der Waals surface area contributed by atoms with Gasteiger partial charge in [-0.1, -0.05) is 30.3 Å². The molecule has 0 unspecified atom stereocenters. The molecule has 0 saturated heterocycles. The first kappa shape index (κ1) is 17.9. The van der Waals surface area contributed by atoms with Crippen molar-refractivity contribution >= 4 is 11.8 Å². The summed E-state index contributed by atoms with van der Waals surface area (Å²) in [4.78, 5) is 28.4. The van der Waals surface area contributed by atoms with Crippen LogP contribution in [-0.4, -0.2) is 21.8 Å². The van der Waals surface area contributed by atoms with E-state index in [0.717, 1.165) is 11.1 Å². The SMILES string of the molecule is CC(C)(CC(=O)C(C)(C)c1cc(-c2ccccc2)ccn1)C(=O)O. The third-order valence-corrected chi connectivity index (χ3v) is 4.39. The molecule has 1 N–H and O–H groups in total. The first-order valence-corrected chi connectivity index (χ1v) is 7.93. The minimum absolute atomic E-state index is 0.0351. The summed E-state index contributed by atoms with van der Waals surface area (Å²) in [5, 5.41) is 9.25. The lowest BCUT2D eigenvalue weighted by atomic mass is 9.75. The van der Waals surface area contributed by atoms with Crippen molar-refractivity contribution in [3.8, 4) is 11.1 Å². The smallest absolute Gasteiger partial charge is 0.309 e. The molecule has 1 aromatic carbocycles. The minimum atomic E-state index is -1.09. The van der Waals surface area contributed by atoms with E-state index in [4.69, 9.17) is 0 Å². The molecule has 2 aromatic rings. The van der Waals surface area contributed by atoms with Gasteiger partial charge in [-0.25, -0.2) is 0 Å². The van der Waals surface area contributed by atoms with Gasteiger partial charge in [0.2, 0.25) is 0 Å². The lowest BCUT2D eigenvalue weighted by molar-refractivity contribution is -0.149. The van der Waals surface area contributed by atoms with Gasteiger partial charge in [0.25, 0.3) is 0 Å². The van der Waals surface area contributed by atoms with Gasteiger partial charge >= 0.3 is 5.97 Å². The van der Waals surface area contributed by atoms with E-state index in [1.807, 2.05) is 42.5 Å². The third kappa shape index (κ3) is 3.70. The van der Waals surface area contributed by atoms with Crippen molar-refractivity contribution in [2.45, 2.75) is 39.5 Å². The van der Waals surface area contributed by atoms with Crippen molar-refractivity contribution in [1.29, 1.82) is 0 Å². The van der Waals surface area contributed by atoms with E-state index in [9.17, 15) is 14.7 Å². The van der Waals surface area contributed by atoms with Crippen molar-refractivity contribution in [2.75, 3.05) is 0 Å². The number of nitrogens with zero attached hydrogens (tertiary/aromatic N) is 1. The number of carboxylic acids is 1. The van der Waals surface area contributed by atoms with E-state index in [-0.39, 0.29) is 12.2 Å². The summed E-state index contributed by atoms with van der Waals surface area (Å²) in [6.07, 6.45) is 1.65. The predicted molar refractivity (Wildman–Crippen MR) is 93.7 cm³/mol. The highest BCUT2D eigenvalue weighted by molar-refractivity contribution is 5.93. The van der Waals surface area contributed by atoms with Crippen LogP contribution in [0.3, 0.4) is 0 Å². The largest absolute Gasteiger partial charge is 0.481 e. The Balaban J connectivity index is 2.33.